The van der Waals surface area contributed by atoms with Gasteiger partial charge in [0.2, 0.25) is 5.91 Å². The molecule has 7 heteroatoms. The highest BCUT2D eigenvalue weighted by Crippen LogP contribution is 2.21. The van der Waals surface area contributed by atoms with Gasteiger partial charge in [-0.1, -0.05) is 19.3 Å². The number of nitrogens with two attached hydrogens (primary N) is 1. The first-order valence-corrected chi connectivity index (χ1v) is 7.31. The Morgan fingerprint density at radius 2 is 2.00 bits per heavy atom. The number of rotatable bonds is 4. The summed E-state index contributed by atoms with van der Waals surface area (Å²) in [6.45, 7) is 0.0603. The largest absolute Gasteiger partial charge is 0.382 e. The summed E-state index contributed by atoms with van der Waals surface area (Å²) in [6, 6.07) is 1.77. The number of aromatic amines is 1. The van der Waals surface area contributed by atoms with Crippen molar-refractivity contribution >= 4 is 17.6 Å². The van der Waals surface area contributed by atoms with Crippen LogP contribution in [-0.4, -0.2) is 58.5 Å². The zero-order chi connectivity index (χ0) is 15.4. The highest BCUT2D eigenvalue weighted by molar-refractivity contribution is 5.95. The molecule has 0 saturated heterocycles. The molecule has 0 unspecified atom stereocenters. The summed E-state index contributed by atoms with van der Waals surface area (Å²) in [6.07, 6.45) is 5.70. The summed E-state index contributed by atoms with van der Waals surface area (Å²) in [5.74, 6) is -0.0627. The van der Waals surface area contributed by atoms with E-state index < -0.39 is 0 Å². The van der Waals surface area contributed by atoms with E-state index in [1.54, 1.807) is 11.9 Å². The van der Waals surface area contributed by atoms with Crippen molar-refractivity contribution in [2.45, 2.75) is 38.1 Å². The van der Waals surface area contributed by atoms with E-state index in [0.717, 1.165) is 12.8 Å². The van der Waals surface area contributed by atoms with Gasteiger partial charge in [0.25, 0.3) is 5.91 Å². The summed E-state index contributed by atoms with van der Waals surface area (Å²) in [7, 11) is 3.43. The van der Waals surface area contributed by atoms with Crippen LogP contribution in [0.1, 0.15) is 42.6 Å². The van der Waals surface area contributed by atoms with E-state index in [1.165, 1.54) is 30.2 Å². The highest BCUT2D eigenvalue weighted by atomic mass is 16.2. The molecule has 2 rings (SSSR count). The molecule has 0 aliphatic heterocycles. The predicted molar refractivity (Wildman–Crippen MR) is 79.6 cm³/mol. The lowest BCUT2D eigenvalue weighted by Gasteiger charge is -2.32. The van der Waals surface area contributed by atoms with E-state index in [9.17, 15) is 9.59 Å². The predicted octanol–water partition coefficient (Wildman–Crippen LogP) is 0.855. The molecular formula is C14H23N5O2. The second-order valence-electron chi connectivity index (χ2n) is 5.66. The van der Waals surface area contributed by atoms with Gasteiger partial charge in [-0.25, -0.2) is 0 Å². The Bertz CT molecular complexity index is 507. The Hall–Kier alpha value is -2.05. The maximum absolute atomic E-state index is 12.3. The first-order valence-electron chi connectivity index (χ1n) is 7.31. The van der Waals surface area contributed by atoms with Crippen molar-refractivity contribution in [1.29, 1.82) is 0 Å². The second kappa shape index (κ2) is 6.60. The molecular weight excluding hydrogens is 270 g/mol. The topological polar surface area (TPSA) is 95.3 Å². The highest BCUT2D eigenvalue weighted by Gasteiger charge is 2.24. The van der Waals surface area contributed by atoms with Crippen LogP contribution in [0, 0.1) is 0 Å². The molecule has 1 aromatic heterocycles. The number of carbonyl (C=O) groups is 2. The lowest BCUT2D eigenvalue weighted by Crippen LogP contribution is -2.44. The average molecular weight is 293 g/mol. The normalized spacial score (nSPS) is 15.7. The fraction of sp³-hybridized carbons (Fsp3) is 0.643. The van der Waals surface area contributed by atoms with Gasteiger partial charge in [0, 0.05) is 26.2 Å². The molecule has 1 aliphatic carbocycles. The van der Waals surface area contributed by atoms with Crippen LogP contribution >= 0.6 is 0 Å². The van der Waals surface area contributed by atoms with Crippen molar-refractivity contribution in [3.8, 4) is 0 Å². The molecule has 0 aromatic carbocycles. The Morgan fingerprint density at radius 3 is 2.57 bits per heavy atom. The maximum Gasteiger partial charge on any atom is 0.272 e. The van der Waals surface area contributed by atoms with Gasteiger partial charge in [-0.05, 0) is 12.8 Å². The SMILES string of the molecule is CN(CC(=O)N(C)C1CCCCC1)C(=O)c1cc(N)n[nH]1. The number of aromatic nitrogens is 2. The van der Waals surface area contributed by atoms with Crippen molar-refractivity contribution in [3.63, 3.8) is 0 Å². The number of H-pyrrole nitrogens is 1. The minimum absolute atomic E-state index is 0.0368. The third-order valence-electron chi connectivity index (χ3n) is 4.06. The van der Waals surface area contributed by atoms with E-state index >= 15 is 0 Å². The van der Waals surface area contributed by atoms with Crippen molar-refractivity contribution in [1.82, 2.24) is 20.0 Å². The molecule has 116 valence electrons. The van der Waals surface area contributed by atoms with Gasteiger partial charge in [0.15, 0.2) is 0 Å². The molecule has 21 heavy (non-hydrogen) atoms. The summed E-state index contributed by atoms with van der Waals surface area (Å²) in [5.41, 5.74) is 5.77. The number of anilines is 1. The molecule has 0 spiro atoms. The van der Waals surface area contributed by atoms with Crippen LogP contribution in [0.3, 0.4) is 0 Å². The number of likely N-dealkylation sites (N-methyl/N-ethyl adjacent to an activating group) is 2. The summed E-state index contributed by atoms with van der Waals surface area (Å²) in [4.78, 5) is 27.6. The van der Waals surface area contributed by atoms with Crippen LogP contribution in [0.4, 0.5) is 5.82 Å². The molecule has 0 radical (unpaired) electrons. The van der Waals surface area contributed by atoms with Gasteiger partial charge in [-0.15, -0.1) is 0 Å². The number of hydrogen-bond donors (Lipinski definition) is 2. The summed E-state index contributed by atoms with van der Waals surface area (Å²) < 4.78 is 0. The molecule has 1 aliphatic rings. The molecule has 0 atom stereocenters. The van der Waals surface area contributed by atoms with E-state index in [1.807, 2.05) is 7.05 Å². The molecule has 1 aromatic rings. The smallest absolute Gasteiger partial charge is 0.272 e. The molecule has 1 saturated carbocycles. The fourth-order valence-corrected chi connectivity index (χ4v) is 2.71. The second-order valence-corrected chi connectivity index (χ2v) is 5.66. The Labute approximate surface area is 124 Å². The van der Waals surface area contributed by atoms with E-state index in [2.05, 4.69) is 10.2 Å². The van der Waals surface area contributed by atoms with Crippen LogP contribution in [0.5, 0.6) is 0 Å². The number of carbonyl (C=O) groups excluding carboxylic acids is 2. The van der Waals surface area contributed by atoms with E-state index in [4.69, 9.17) is 5.73 Å². The molecule has 1 fully saturated rings. The van der Waals surface area contributed by atoms with E-state index in [0.29, 0.717) is 11.7 Å². The molecule has 0 bridgehead atoms. The molecule has 2 amide bonds. The van der Waals surface area contributed by atoms with Gasteiger partial charge >= 0.3 is 0 Å². The first kappa shape index (κ1) is 15.3. The lowest BCUT2D eigenvalue weighted by molar-refractivity contribution is -0.133. The van der Waals surface area contributed by atoms with Gasteiger partial charge in [0.05, 0.1) is 6.54 Å². The fourth-order valence-electron chi connectivity index (χ4n) is 2.71. The Morgan fingerprint density at radius 1 is 1.33 bits per heavy atom. The number of hydrogen-bond acceptors (Lipinski definition) is 4. The molecule has 1 heterocycles. The number of nitrogen functional groups attached to an aromatic ring is 1. The Kier molecular flexibility index (Phi) is 4.82. The summed E-state index contributed by atoms with van der Waals surface area (Å²) in [5, 5.41) is 6.28. The van der Waals surface area contributed by atoms with Crippen molar-refractivity contribution in [2.75, 3.05) is 26.4 Å². The quantitative estimate of drug-likeness (QED) is 0.860. The van der Waals surface area contributed by atoms with Crippen LogP contribution in [-0.2, 0) is 4.79 Å². The van der Waals surface area contributed by atoms with Gasteiger partial charge in [-0.3, -0.25) is 14.7 Å². The van der Waals surface area contributed by atoms with Crippen LogP contribution in [0.15, 0.2) is 6.07 Å². The number of amides is 2. The zero-order valence-electron chi connectivity index (χ0n) is 12.6. The van der Waals surface area contributed by atoms with Crippen molar-refractivity contribution in [3.05, 3.63) is 11.8 Å². The first-order chi connectivity index (χ1) is 9.99. The number of nitrogens with one attached hydrogen (secondary N) is 1. The minimum Gasteiger partial charge on any atom is -0.382 e. The average Bonchev–Trinajstić information content (AvgIpc) is 2.93. The lowest BCUT2D eigenvalue weighted by atomic mass is 9.94. The van der Waals surface area contributed by atoms with E-state index in [-0.39, 0.29) is 24.2 Å². The van der Waals surface area contributed by atoms with Gasteiger partial charge < -0.3 is 15.5 Å². The zero-order valence-corrected chi connectivity index (χ0v) is 12.6. The monoisotopic (exact) mass is 293 g/mol. The Balaban J connectivity index is 1.90. The number of nitrogens with zero attached hydrogens (tertiary/aromatic N) is 3. The standard InChI is InChI=1S/C14H23N5O2/c1-18(14(21)11-8-12(15)17-16-11)9-13(20)19(2)10-6-4-3-5-7-10/h8,10H,3-7,9H2,1-2H3,(H3,15,16,17). The van der Waals surface area contributed by atoms with Crippen LogP contribution < -0.4 is 5.73 Å². The maximum atomic E-state index is 12.3. The van der Waals surface area contributed by atoms with Gasteiger partial charge in [0.1, 0.15) is 11.5 Å². The van der Waals surface area contributed by atoms with Crippen LogP contribution in [0.25, 0.3) is 0 Å². The van der Waals surface area contributed by atoms with Crippen molar-refractivity contribution < 1.29 is 9.59 Å². The minimum atomic E-state index is -0.287. The summed E-state index contributed by atoms with van der Waals surface area (Å²) >= 11 is 0. The van der Waals surface area contributed by atoms with Crippen LogP contribution in [0.2, 0.25) is 0 Å². The molecule has 3 N–H and O–H groups in total. The van der Waals surface area contributed by atoms with Gasteiger partial charge in [-0.2, -0.15) is 5.10 Å². The van der Waals surface area contributed by atoms with Crippen molar-refractivity contribution in [2.24, 2.45) is 0 Å². The third kappa shape index (κ3) is 3.74. The molecule has 7 nitrogen and oxygen atoms in total. The third-order valence-corrected chi connectivity index (χ3v) is 4.06.